The van der Waals surface area contributed by atoms with E-state index >= 15 is 0 Å². The zero-order valence-electron chi connectivity index (χ0n) is 12.9. The fourth-order valence-corrected chi connectivity index (χ4v) is 4.67. The van der Waals surface area contributed by atoms with Crippen molar-refractivity contribution in [2.24, 2.45) is 5.92 Å². The van der Waals surface area contributed by atoms with E-state index in [1.807, 2.05) is 4.90 Å². The lowest BCUT2D eigenvalue weighted by Gasteiger charge is -2.22. The standard InChI is InChI=1S/C16H21ClN2O3S/c17-15-4-1-3-13(11-15)12-23(21,22)19-8-2-7-18(9-10-19)16(20)14-5-6-14/h1,3-4,11,14H,2,5-10,12H2. The summed E-state index contributed by atoms with van der Waals surface area (Å²) in [6, 6.07) is 6.93. The Hall–Kier alpha value is -1.11. The molecule has 1 heterocycles. The Bertz CT molecular complexity index is 688. The maximum Gasteiger partial charge on any atom is 0.225 e. The fraction of sp³-hybridized carbons (Fsp3) is 0.562. The van der Waals surface area contributed by atoms with Gasteiger partial charge >= 0.3 is 0 Å². The van der Waals surface area contributed by atoms with Crippen LogP contribution in [0.3, 0.4) is 0 Å². The highest BCUT2D eigenvalue weighted by atomic mass is 35.5. The molecule has 0 N–H and O–H groups in total. The van der Waals surface area contributed by atoms with Gasteiger partial charge in [0.15, 0.2) is 0 Å². The SMILES string of the molecule is O=C(C1CC1)N1CCCN(S(=O)(=O)Cc2cccc(Cl)c2)CC1. The van der Waals surface area contributed by atoms with Gasteiger partial charge in [-0.3, -0.25) is 4.79 Å². The molecule has 3 rings (SSSR count). The Balaban J connectivity index is 1.64. The summed E-state index contributed by atoms with van der Waals surface area (Å²) in [5, 5.41) is 0.537. The van der Waals surface area contributed by atoms with Gasteiger partial charge in [-0.15, -0.1) is 0 Å². The van der Waals surface area contributed by atoms with Gasteiger partial charge < -0.3 is 4.90 Å². The zero-order valence-corrected chi connectivity index (χ0v) is 14.5. The smallest absolute Gasteiger partial charge is 0.225 e. The largest absolute Gasteiger partial charge is 0.341 e. The number of benzene rings is 1. The monoisotopic (exact) mass is 356 g/mol. The van der Waals surface area contributed by atoms with Crippen LogP contribution in [0, 0.1) is 5.92 Å². The van der Waals surface area contributed by atoms with E-state index in [9.17, 15) is 13.2 Å². The van der Waals surface area contributed by atoms with E-state index in [4.69, 9.17) is 11.6 Å². The molecule has 1 saturated carbocycles. The molecular weight excluding hydrogens is 336 g/mol. The van der Waals surface area contributed by atoms with Gasteiger partial charge in [0.05, 0.1) is 5.75 Å². The molecule has 1 saturated heterocycles. The van der Waals surface area contributed by atoms with Crippen molar-refractivity contribution in [1.29, 1.82) is 0 Å². The highest BCUT2D eigenvalue weighted by Gasteiger charge is 2.35. The molecule has 1 aromatic carbocycles. The third-order valence-electron chi connectivity index (χ3n) is 4.32. The highest BCUT2D eigenvalue weighted by Crippen LogP contribution is 2.31. The van der Waals surface area contributed by atoms with Crippen LogP contribution in [0.15, 0.2) is 24.3 Å². The zero-order chi connectivity index (χ0) is 16.4. The molecule has 1 aliphatic heterocycles. The normalized spacial score (nSPS) is 20.3. The predicted molar refractivity (Wildman–Crippen MR) is 89.6 cm³/mol. The molecule has 0 spiro atoms. The minimum absolute atomic E-state index is 0.0515. The Kier molecular flexibility index (Phi) is 4.94. The molecule has 0 unspecified atom stereocenters. The molecule has 2 fully saturated rings. The van der Waals surface area contributed by atoms with Crippen molar-refractivity contribution in [3.05, 3.63) is 34.9 Å². The third-order valence-corrected chi connectivity index (χ3v) is 6.41. The molecular formula is C16H21ClN2O3S. The molecule has 7 heteroatoms. The average Bonchev–Trinajstić information content (AvgIpc) is 3.33. The van der Waals surface area contributed by atoms with Gasteiger partial charge in [0.2, 0.25) is 15.9 Å². The summed E-state index contributed by atoms with van der Waals surface area (Å²) in [5.41, 5.74) is 0.688. The molecule has 0 aromatic heterocycles. The minimum Gasteiger partial charge on any atom is -0.341 e. The van der Waals surface area contributed by atoms with Crippen LogP contribution in [-0.2, 0) is 20.6 Å². The van der Waals surface area contributed by atoms with E-state index < -0.39 is 10.0 Å². The molecule has 126 valence electrons. The molecule has 0 atom stereocenters. The molecule has 23 heavy (non-hydrogen) atoms. The Morgan fingerprint density at radius 3 is 2.65 bits per heavy atom. The number of halogens is 1. The van der Waals surface area contributed by atoms with Crippen molar-refractivity contribution in [1.82, 2.24) is 9.21 Å². The second kappa shape index (κ2) is 6.79. The molecule has 1 amide bonds. The molecule has 2 aliphatic rings. The first kappa shape index (κ1) is 16.7. The van der Waals surface area contributed by atoms with E-state index in [-0.39, 0.29) is 17.6 Å². The summed E-state index contributed by atoms with van der Waals surface area (Å²) in [6.45, 7) is 1.99. The van der Waals surface area contributed by atoms with E-state index in [2.05, 4.69) is 0 Å². The first-order chi connectivity index (χ1) is 11.0. The number of rotatable bonds is 4. The fourth-order valence-electron chi connectivity index (χ4n) is 2.91. The van der Waals surface area contributed by atoms with Gasteiger partial charge in [0, 0.05) is 37.1 Å². The van der Waals surface area contributed by atoms with Gasteiger partial charge in [0.1, 0.15) is 0 Å². The number of sulfonamides is 1. The predicted octanol–water partition coefficient (Wildman–Crippen LogP) is 2.11. The molecule has 5 nitrogen and oxygen atoms in total. The topological polar surface area (TPSA) is 57.7 Å². The van der Waals surface area contributed by atoms with Crippen molar-refractivity contribution in [2.45, 2.75) is 25.0 Å². The van der Waals surface area contributed by atoms with Crippen LogP contribution in [0.5, 0.6) is 0 Å². The second-order valence-electron chi connectivity index (χ2n) is 6.24. The maximum absolute atomic E-state index is 12.6. The summed E-state index contributed by atoms with van der Waals surface area (Å²) in [5.74, 6) is 0.327. The van der Waals surface area contributed by atoms with Gasteiger partial charge in [-0.05, 0) is 37.0 Å². The number of hydrogen-bond donors (Lipinski definition) is 0. The summed E-state index contributed by atoms with van der Waals surface area (Å²) in [4.78, 5) is 14.0. The van der Waals surface area contributed by atoms with Crippen LogP contribution in [-0.4, -0.2) is 49.7 Å². The van der Waals surface area contributed by atoms with Gasteiger partial charge in [-0.1, -0.05) is 23.7 Å². The summed E-state index contributed by atoms with van der Waals surface area (Å²) in [7, 11) is -3.39. The Morgan fingerprint density at radius 2 is 1.96 bits per heavy atom. The second-order valence-corrected chi connectivity index (χ2v) is 8.64. The Labute approximate surface area is 142 Å². The lowest BCUT2D eigenvalue weighted by Crippen LogP contribution is -2.38. The van der Waals surface area contributed by atoms with Crippen LogP contribution in [0.2, 0.25) is 5.02 Å². The average molecular weight is 357 g/mol. The van der Waals surface area contributed by atoms with Crippen molar-refractivity contribution >= 4 is 27.5 Å². The van der Waals surface area contributed by atoms with Crippen LogP contribution in [0.25, 0.3) is 0 Å². The molecule has 0 bridgehead atoms. The van der Waals surface area contributed by atoms with Gasteiger partial charge in [0.25, 0.3) is 0 Å². The third kappa shape index (κ3) is 4.25. The lowest BCUT2D eigenvalue weighted by atomic mass is 10.2. The van der Waals surface area contributed by atoms with E-state index in [1.54, 1.807) is 24.3 Å². The quantitative estimate of drug-likeness (QED) is 0.830. The van der Waals surface area contributed by atoms with Crippen molar-refractivity contribution in [3.8, 4) is 0 Å². The van der Waals surface area contributed by atoms with Crippen LogP contribution in [0.4, 0.5) is 0 Å². The van der Waals surface area contributed by atoms with Crippen LogP contribution in [0.1, 0.15) is 24.8 Å². The van der Waals surface area contributed by atoms with Crippen LogP contribution >= 0.6 is 11.6 Å². The van der Waals surface area contributed by atoms with Gasteiger partial charge in [-0.25, -0.2) is 8.42 Å². The number of carbonyl (C=O) groups is 1. The Morgan fingerprint density at radius 1 is 1.17 bits per heavy atom. The van der Waals surface area contributed by atoms with E-state index in [0.29, 0.717) is 43.2 Å². The lowest BCUT2D eigenvalue weighted by molar-refractivity contribution is -0.132. The summed E-state index contributed by atoms with van der Waals surface area (Å²) >= 11 is 5.92. The number of amides is 1. The van der Waals surface area contributed by atoms with Crippen molar-refractivity contribution < 1.29 is 13.2 Å². The van der Waals surface area contributed by atoms with E-state index in [0.717, 1.165) is 12.8 Å². The van der Waals surface area contributed by atoms with Crippen molar-refractivity contribution in [3.63, 3.8) is 0 Å². The number of nitrogens with zero attached hydrogens (tertiary/aromatic N) is 2. The van der Waals surface area contributed by atoms with Crippen molar-refractivity contribution in [2.75, 3.05) is 26.2 Å². The first-order valence-corrected chi connectivity index (χ1v) is 9.95. The molecule has 1 aliphatic carbocycles. The van der Waals surface area contributed by atoms with Gasteiger partial charge in [-0.2, -0.15) is 4.31 Å². The summed E-state index contributed by atoms with van der Waals surface area (Å²) in [6.07, 6.45) is 2.64. The first-order valence-electron chi connectivity index (χ1n) is 7.97. The highest BCUT2D eigenvalue weighted by molar-refractivity contribution is 7.88. The number of hydrogen-bond acceptors (Lipinski definition) is 3. The van der Waals surface area contributed by atoms with E-state index in [1.165, 1.54) is 4.31 Å². The van der Waals surface area contributed by atoms with Crippen LogP contribution < -0.4 is 0 Å². The minimum atomic E-state index is -3.39. The molecule has 1 aromatic rings. The number of carbonyl (C=O) groups excluding carboxylic acids is 1. The molecule has 0 radical (unpaired) electrons. The summed E-state index contributed by atoms with van der Waals surface area (Å²) < 4.78 is 26.8. The maximum atomic E-state index is 12.6.